The molecule has 0 atom stereocenters. The van der Waals surface area contributed by atoms with Crippen LogP contribution >= 0.6 is 0 Å². The fraction of sp³-hybridized carbons (Fsp3) is 0.385. The van der Waals surface area contributed by atoms with Gasteiger partial charge in [-0.2, -0.15) is 18.4 Å². The molecule has 1 N–H and O–H groups in total. The lowest BCUT2D eigenvalue weighted by Crippen LogP contribution is -2.39. The molecule has 4 nitrogen and oxygen atoms in total. The average molecular weight is 285 g/mol. The lowest BCUT2D eigenvalue weighted by Gasteiger charge is -2.21. The zero-order valence-electron chi connectivity index (χ0n) is 10.9. The van der Waals surface area contributed by atoms with Crippen molar-refractivity contribution in [1.29, 1.82) is 5.26 Å². The molecule has 0 saturated carbocycles. The van der Waals surface area contributed by atoms with Crippen molar-refractivity contribution in [3.05, 3.63) is 29.8 Å². The van der Waals surface area contributed by atoms with Crippen molar-refractivity contribution >= 4 is 11.6 Å². The number of alkyl halides is 3. The molecule has 0 aliphatic heterocycles. The molecule has 0 aliphatic carbocycles. The van der Waals surface area contributed by atoms with Gasteiger partial charge in [-0.3, -0.25) is 9.69 Å². The molecule has 0 radical (unpaired) electrons. The molecule has 1 amide bonds. The summed E-state index contributed by atoms with van der Waals surface area (Å²) >= 11 is 0. The molecule has 0 saturated heterocycles. The summed E-state index contributed by atoms with van der Waals surface area (Å²) in [6.45, 7) is 0.224. The molecule has 0 fully saturated rings. The van der Waals surface area contributed by atoms with Crippen molar-refractivity contribution < 1.29 is 18.0 Å². The Morgan fingerprint density at radius 3 is 2.40 bits per heavy atom. The van der Waals surface area contributed by atoms with Gasteiger partial charge >= 0.3 is 6.18 Å². The van der Waals surface area contributed by atoms with Crippen molar-refractivity contribution in [3.8, 4) is 6.07 Å². The Morgan fingerprint density at radius 2 is 1.95 bits per heavy atom. The number of benzene rings is 1. The van der Waals surface area contributed by atoms with Crippen molar-refractivity contribution in [2.45, 2.75) is 13.1 Å². The van der Waals surface area contributed by atoms with Crippen LogP contribution in [0.2, 0.25) is 0 Å². The third kappa shape index (κ3) is 5.71. The summed E-state index contributed by atoms with van der Waals surface area (Å²) in [5.41, 5.74) is 0.882. The first-order chi connectivity index (χ1) is 9.34. The molecule has 1 rings (SSSR count). The number of nitriles is 1. The van der Waals surface area contributed by atoms with Crippen LogP contribution in [0.5, 0.6) is 0 Å². The molecule has 0 bridgehead atoms. The summed E-state index contributed by atoms with van der Waals surface area (Å²) in [5, 5.41) is 11.1. The number of nitrogens with zero attached hydrogens (tertiary/aromatic N) is 2. The summed E-state index contributed by atoms with van der Waals surface area (Å²) in [6.07, 6.45) is -4.33. The van der Waals surface area contributed by atoms with Crippen LogP contribution in [-0.4, -0.2) is 36.6 Å². The van der Waals surface area contributed by atoms with Crippen LogP contribution in [0, 0.1) is 11.3 Å². The van der Waals surface area contributed by atoms with E-state index in [1.807, 2.05) is 6.07 Å². The molecule has 0 unspecified atom stereocenters. The predicted octanol–water partition coefficient (Wildman–Crippen LogP) is 2.38. The third-order valence-electron chi connectivity index (χ3n) is 2.52. The Bertz CT molecular complexity index is 491. The summed E-state index contributed by atoms with van der Waals surface area (Å²) < 4.78 is 36.7. The van der Waals surface area contributed by atoms with E-state index in [1.54, 1.807) is 6.92 Å². The maximum absolute atomic E-state index is 12.2. The molecule has 0 heterocycles. The number of anilines is 1. The predicted molar refractivity (Wildman–Crippen MR) is 68.0 cm³/mol. The Kier molecular flexibility index (Phi) is 5.53. The van der Waals surface area contributed by atoms with E-state index in [9.17, 15) is 18.0 Å². The molecule has 108 valence electrons. The number of hydrogen-bond donors (Lipinski definition) is 1. The van der Waals surface area contributed by atoms with Crippen LogP contribution in [0.3, 0.4) is 0 Å². The highest BCUT2D eigenvalue weighted by atomic mass is 19.4. The van der Waals surface area contributed by atoms with Crippen molar-refractivity contribution in [2.75, 3.05) is 25.0 Å². The van der Waals surface area contributed by atoms with Gasteiger partial charge in [0.05, 0.1) is 24.7 Å². The molecule has 7 heteroatoms. The minimum Gasteiger partial charge on any atom is -0.325 e. The second-order valence-electron chi connectivity index (χ2n) is 4.16. The summed E-state index contributed by atoms with van der Waals surface area (Å²) in [6, 6.07) is 8.01. The highest BCUT2D eigenvalue weighted by molar-refractivity contribution is 5.92. The van der Waals surface area contributed by atoms with Crippen LogP contribution in [0.4, 0.5) is 18.9 Å². The number of carbonyl (C=O) groups excluding carboxylic acids is 1. The molecule has 0 aliphatic rings. The Labute approximate surface area is 114 Å². The smallest absolute Gasteiger partial charge is 0.325 e. The summed E-state index contributed by atoms with van der Waals surface area (Å²) in [5.74, 6) is -0.527. The minimum atomic E-state index is -4.33. The topological polar surface area (TPSA) is 56.1 Å². The standard InChI is InChI=1S/C13H14F3N3O/c1-2-19(9-13(14,15)16)8-12(20)18-11-5-3-10(7-17)4-6-11/h3-6H,2,8-9H2,1H3,(H,18,20). The van der Waals surface area contributed by atoms with Gasteiger partial charge in [-0.25, -0.2) is 0 Å². The Hall–Kier alpha value is -2.07. The van der Waals surface area contributed by atoms with Crippen LogP contribution in [-0.2, 0) is 4.79 Å². The zero-order chi connectivity index (χ0) is 15.2. The molecule has 1 aromatic rings. The number of hydrogen-bond acceptors (Lipinski definition) is 3. The maximum Gasteiger partial charge on any atom is 0.401 e. The van der Waals surface area contributed by atoms with Crippen molar-refractivity contribution in [2.24, 2.45) is 0 Å². The first kappa shape index (κ1) is 16.0. The van der Waals surface area contributed by atoms with Crippen LogP contribution in [0.1, 0.15) is 12.5 Å². The van der Waals surface area contributed by atoms with E-state index in [0.717, 1.165) is 4.90 Å². The van der Waals surface area contributed by atoms with Gasteiger partial charge in [-0.1, -0.05) is 6.92 Å². The molecular weight excluding hydrogens is 271 g/mol. The first-order valence-corrected chi connectivity index (χ1v) is 5.93. The Balaban J connectivity index is 2.55. The Morgan fingerprint density at radius 1 is 1.35 bits per heavy atom. The number of amides is 1. The summed E-state index contributed by atoms with van der Waals surface area (Å²) in [7, 11) is 0. The number of likely N-dealkylation sites (N-methyl/N-ethyl adjacent to an activating group) is 1. The van der Waals surface area contributed by atoms with Crippen LogP contribution in [0.15, 0.2) is 24.3 Å². The van der Waals surface area contributed by atoms with Crippen molar-refractivity contribution in [1.82, 2.24) is 4.90 Å². The monoisotopic (exact) mass is 285 g/mol. The molecule has 0 aromatic heterocycles. The van der Waals surface area contributed by atoms with Gasteiger partial charge in [0, 0.05) is 5.69 Å². The van der Waals surface area contributed by atoms with E-state index in [1.165, 1.54) is 24.3 Å². The molecule has 20 heavy (non-hydrogen) atoms. The highest BCUT2D eigenvalue weighted by Crippen LogP contribution is 2.16. The highest BCUT2D eigenvalue weighted by Gasteiger charge is 2.30. The third-order valence-corrected chi connectivity index (χ3v) is 2.52. The van der Waals surface area contributed by atoms with E-state index < -0.39 is 18.6 Å². The van der Waals surface area contributed by atoms with Crippen LogP contribution in [0.25, 0.3) is 0 Å². The van der Waals surface area contributed by atoms with E-state index in [-0.39, 0.29) is 13.1 Å². The lowest BCUT2D eigenvalue weighted by molar-refractivity contribution is -0.147. The first-order valence-electron chi connectivity index (χ1n) is 5.93. The van der Waals surface area contributed by atoms with Gasteiger partial charge in [0.2, 0.25) is 5.91 Å². The minimum absolute atomic E-state index is 0.125. The second-order valence-corrected chi connectivity index (χ2v) is 4.16. The van der Waals surface area contributed by atoms with Gasteiger partial charge in [-0.05, 0) is 30.8 Å². The average Bonchev–Trinajstić information content (AvgIpc) is 2.37. The normalized spacial score (nSPS) is 11.2. The lowest BCUT2D eigenvalue weighted by atomic mass is 10.2. The number of halogens is 3. The van der Waals surface area contributed by atoms with E-state index in [2.05, 4.69) is 5.32 Å². The molecule has 0 spiro atoms. The van der Waals surface area contributed by atoms with Crippen LogP contribution < -0.4 is 5.32 Å². The van der Waals surface area contributed by atoms with Gasteiger partial charge in [0.1, 0.15) is 0 Å². The van der Waals surface area contributed by atoms with E-state index in [0.29, 0.717) is 11.3 Å². The van der Waals surface area contributed by atoms with Gasteiger partial charge in [-0.15, -0.1) is 0 Å². The second kappa shape index (κ2) is 6.91. The summed E-state index contributed by atoms with van der Waals surface area (Å²) in [4.78, 5) is 12.6. The number of carbonyl (C=O) groups is 1. The number of nitrogens with one attached hydrogen (secondary N) is 1. The molecule has 1 aromatic carbocycles. The van der Waals surface area contributed by atoms with Gasteiger partial charge < -0.3 is 5.32 Å². The van der Waals surface area contributed by atoms with Gasteiger partial charge in [0.25, 0.3) is 0 Å². The van der Waals surface area contributed by atoms with E-state index in [4.69, 9.17) is 5.26 Å². The largest absolute Gasteiger partial charge is 0.401 e. The van der Waals surface area contributed by atoms with E-state index >= 15 is 0 Å². The number of rotatable bonds is 5. The SMILES string of the molecule is CCN(CC(=O)Nc1ccc(C#N)cc1)CC(F)(F)F. The fourth-order valence-corrected chi connectivity index (χ4v) is 1.56. The maximum atomic E-state index is 12.2. The fourth-order valence-electron chi connectivity index (χ4n) is 1.56. The van der Waals surface area contributed by atoms with Gasteiger partial charge in [0.15, 0.2) is 0 Å². The quantitative estimate of drug-likeness (QED) is 0.903. The molecular formula is C13H14F3N3O. The van der Waals surface area contributed by atoms with Crippen molar-refractivity contribution in [3.63, 3.8) is 0 Å². The zero-order valence-corrected chi connectivity index (χ0v) is 10.9.